The number of quaternary nitrogens is 1. The molecule has 4 N–H and O–H groups in total. The van der Waals surface area contributed by atoms with Gasteiger partial charge in [0.25, 0.3) is 0 Å². The van der Waals surface area contributed by atoms with Crippen molar-refractivity contribution < 1.29 is 77.3 Å². The van der Waals surface area contributed by atoms with Gasteiger partial charge in [0.1, 0.15) is 42.3 Å². The van der Waals surface area contributed by atoms with E-state index in [4.69, 9.17) is 37.9 Å². The Morgan fingerprint density at radius 2 is 1.71 bits per heavy atom. The Morgan fingerprint density at radius 1 is 1.02 bits per heavy atom. The van der Waals surface area contributed by atoms with E-state index < -0.39 is 121 Å². The van der Waals surface area contributed by atoms with Crippen LogP contribution in [0.4, 0.5) is 0 Å². The average Bonchev–Trinajstić information content (AvgIpc) is 3.09. The summed E-state index contributed by atoms with van der Waals surface area (Å²) >= 11 is 0. The fraction of sp³-hybridized carbons (Fsp3) is 0.810. The molecule has 3 aliphatic rings. The molecule has 16 nitrogen and oxygen atoms in total. The van der Waals surface area contributed by atoms with Gasteiger partial charge in [0.05, 0.1) is 44.9 Å². The van der Waals surface area contributed by atoms with Crippen molar-refractivity contribution >= 4 is 24.2 Å². The molecule has 0 unspecified atom stereocenters. The van der Waals surface area contributed by atoms with Crippen LogP contribution in [0.25, 0.3) is 0 Å². The second-order valence-corrected chi connectivity index (χ2v) is 17.1. The molecule has 0 amide bonds. The van der Waals surface area contributed by atoms with Crippen molar-refractivity contribution in [2.24, 2.45) is 17.8 Å². The summed E-state index contributed by atoms with van der Waals surface area (Å²) in [5, 5.41) is 34.6. The zero-order valence-electron chi connectivity index (χ0n) is 36.1. The number of carbonyl (C=O) groups excluding carboxylic acids is 4. The molecule has 3 heterocycles. The molecule has 0 saturated carbocycles. The number of aldehydes is 1. The molecular weight excluding hydrogens is 758 g/mol. The molecule has 2 saturated heterocycles. The molecule has 16 atom stereocenters. The van der Waals surface area contributed by atoms with E-state index in [1.54, 1.807) is 45.9 Å². The fourth-order valence-corrected chi connectivity index (χ4v) is 8.18. The zero-order chi connectivity index (χ0) is 43.5. The number of carbonyl (C=O) groups is 4. The minimum Gasteiger partial charge on any atom is -0.462 e. The number of allylic oxidation sites excluding steroid dienone is 2. The van der Waals surface area contributed by atoms with Gasteiger partial charge in [0.2, 0.25) is 0 Å². The maximum absolute atomic E-state index is 13.2. The monoisotopic (exact) mass is 828 g/mol. The normalized spacial score (nSPS) is 40.7. The fourth-order valence-electron chi connectivity index (χ4n) is 8.18. The number of nitrogens with one attached hydrogen (secondary N) is 1. The van der Waals surface area contributed by atoms with Gasteiger partial charge in [-0.3, -0.25) is 14.4 Å². The maximum atomic E-state index is 13.2. The molecule has 2 fully saturated rings. The SMILES string of the molecule is CO[C@@H]1[C@@H](O[C@@H]2O[C@H](C)[C@@H](O[C@H]3C[C@@](C)(O)[C@@H](OC(=O)CC(C)C)[C@H](C)O3)[C@H]([NH+](C)C)[C@H]2O)[C@@H](CC=O)C[C@@H](C)[C@@H](O)/C=C/C=C/C[C@@H](C)OC(=O)C[C@H]1OC(C)=O. The Hall–Kier alpha value is -2.80. The van der Waals surface area contributed by atoms with Gasteiger partial charge in [0, 0.05) is 39.7 Å². The summed E-state index contributed by atoms with van der Waals surface area (Å²) in [5.74, 6) is -2.79. The highest BCUT2D eigenvalue weighted by atomic mass is 16.7. The van der Waals surface area contributed by atoms with Crippen LogP contribution in [0.15, 0.2) is 24.3 Å². The molecule has 0 bridgehead atoms. The van der Waals surface area contributed by atoms with Crippen molar-refractivity contribution in [2.75, 3.05) is 21.2 Å². The first-order chi connectivity index (χ1) is 27.2. The predicted octanol–water partition coefficient (Wildman–Crippen LogP) is 1.60. The van der Waals surface area contributed by atoms with Crippen LogP contribution in [-0.4, -0.2) is 146 Å². The Bertz CT molecular complexity index is 1390. The third-order valence-electron chi connectivity index (χ3n) is 11.0. The van der Waals surface area contributed by atoms with Crippen LogP contribution in [0.1, 0.15) is 93.9 Å². The largest absolute Gasteiger partial charge is 0.462 e. The number of hydrogen-bond acceptors (Lipinski definition) is 15. The van der Waals surface area contributed by atoms with Crippen LogP contribution in [-0.2, 0) is 57.1 Å². The van der Waals surface area contributed by atoms with Crippen LogP contribution < -0.4 is 4.90 Å². The molecule has 3 rings (SSSR count). The highest BCUT2D eigenvalue weighted by molar-refractivity contribution is 5.72. The van der Waals surface area contributed by atoms with Gasteiger partial charge in [-0.1, -0.05) is 45.1 Å². The summed E-state index contributed by atoms with van der Waals surface area (Å²) in [6.07, 6.45) is -3.90. The van der Waals surface area contributed by atoms with Crippen molar-refractivity contribution in [3.8, 4) is 0 Å². The van der Waals surface area contributed by atoms with E-state index >= 15 is 0 Å². The van der Waals surface area contributed by atoms with Crippen LogP contribution >= 0.6 is 0 Å². The lowest BCUT2D eigenvalue weighted by atomic mass is 9.82. The molecule has 0 radical (unpaired) electrons. The number of hydrogen-bond donors (Lipinski definition) is 4. The lowest BCUT2D eigenvalue weighted by Gasteiger charge is -2.49. The van der Waals surface area contributed by atoms with Crippen molar-refractivity contribution in [1.82, 2.24) is 0 Å². The van der Waals surface area contributed by atoms with Gasteiger partial charge < -0.3 is 62.9 Å². The summed E-state index contributed by atoms with van der Waals surface area (Å²) in [4.78, 5) is 51.3. The van der Waals surface area contributed by atoms with Crippen LogP contribution in [0.3, 0.4) is 0 Å². The summed E-state index contributed by atoms with van der Waals surface area (Å²) in [5.41, 5.74) is -1.49. The molecule has 332 valence electrons. The molecule has 0 spiro atoms. The highest BCUT2D eigenvalue weighted by Crippen LogP contribution is 2.37. The average molecular weight is 829 g/mol. The number of cyclic esters (lactones) is 1. The number of rotatable bonds is 12. The van der Waals surface area contributed by atoms with E-state index in [1.807, 2.05) is 40.9 Å². The quantitative estimate of drug-likeness (QED) is 0.125. The summed E-state index contributed by atoms with van der Waals surface area (Å²) in [7, 11) is 5.03. The second kappa shape index (κ2) is 22.7. The lowest BCUT2D eigenvalue weighted by Crippen LogP contribution is -3.14. The van der Waals surface area contributed by atoms with E-state index in [2.05, 4.69) is 0 Å². The Kier molecular flexibility index (Phi) is 19.4. The van der Waals surface area contributed by atoms with E-state index in [9.17, 15) is 34.5 Å². The van der Waals surface area contributed by atoms with E-state index in [1.165, 1.54) is 14.0 Å². The first-order valence-electron chi connectivity index (χ1n) is 20.5. The second-order valence-electron chi connectivity index (χ2n) is 17.1. The van der Waals surface area contributed by atoms with E-state index in [-0.39, 0.29) is 31.6 Å². The first-order valence-corrected chi connectivity index (χ1v) is 20.5. The predicted molar refractivity (Wildman–Crippen MR) is 209 cm³/mol. The van der Waals surface area contributed by atoms with Gasteiger partial charge in [0.15, 0.2) is 24.8 Å². The minimum atomic E-state index is -1.49. The zero-order valence-corrected chi connectivity index (χ0v) is 36.1. The number of aliphatic hydroxyl groups excluding tert-OH is 2. The van der Waals surface area contributed by atoms with Crippen molar-refractivity contribution in [2.45, 2.75) is 179 Å². The van der Waals surface area contributed by atoms with Gasteiger partial charge in [-0.25, -0.2) is 0 Å². The van der Waals surface area contributed by atoms with Gasteiger partial charge >= 0.3 is 17.9 Å². The smallest absolute Gasteiger partial charge is 0.309 e. The number of esters is 3. The number of aliphatic hydroxyl groups is 3. The molecule has 0 aromatic carbocycles. The van der Waals surface area contributed by atoms with Crippen LogP contribution in [0, 0.1) is 17.8 Å². The summed E-state index contributed by atoms with van der Waals surface area (Å²) in [6.45, 7) is 13.6. The van der Waals surface area contributed by atoms with Crippen molar-refractivity contribution in [3.63, 3.8) is 0 Å². The highest BCUT2D eigenvalue weighted by Gasteiger charge is 2.54. The summed E-state index contributed by atoms with van der Waals surface area (Å²) < 4.78 is 48.6. The third-order valence-corrected chi connectivity index (χ3v) is 11.0. The molecule has 0 aliphatic carbocycles. The molecule has 16 heteroatoms. The third kappa shape index (κ3) is 14.2. The Labute approximate surface area is 343 Å². The van der Waals surface area contributed by atoms with Crippen LogP contribution in [0.5, 0.6) is 0 Å². The van der Waals surface area contributed by atoms with Crippen molar-refractivity contribution in [3.05, 3.63) is 24.3 Å². The van der Waals surface area contributed by atoms with Crippen molar-refractivity contribution in [1.29, 1.82) is 0 Å². The number of methoxy groups -OCH3 is 1. The Morgan fingerprint density at radius 3 is 2.29 bits per heavy atom. The van der Waals surface area contributed by atoms with Crippen LogP contribution in [0.2, 0.25) is 0 Å². The van der Waals surface area contributed by atoms with Gasteiger partial charge in [-0.05, 0) is 51.9 Å². The van der Waals surface area contributed by atoms with E-state index in [0.29, 0.717) is 12.7 Å². The molecule has 0 aromatic rings. The van der Waals surface area contributed by atoms with Gasteiger partial charge in [-0.2, -0.15) is 0 Å². The van der Waals surface area contributed by atoms with Gasteiger partial charge in [-0.15, -0.1) is 0 Å². The molecular formula is C42H70NO15+. The molecule has 0 aromatic heterocycles. The number of ether oxygens (including phenoxy) is 8. The molecule has 58 heavy (non-hydrogen) atoms. The Balaban J connectivity index is 1.98. The molecule has 3 aliphatic heterocycles. The maximum Gasteiger partial charge on any atom is 0.309 e. The topological polar surface area (TPSA) is 207 Å². The lowest BCUT2D eigenvalue weighted by molar-refractivity contribution is -0.898. The summed E-state index contributed by atoms with van der Waals surface area (Å²) in [6, 6.07) is -0.699. The van der Waals surface area contributed by atoms with E-state index in [0.717, 1.165) is 4.90 Å². The first kappa shape index (κ1) is 49.6. The standard InChI is InChI=1S/C42H69NO15/c1-23(2)19-32(47)56-40-27(6)53-34(22-42(40,8)50)57-37-26(5)54-41(36(49)35(37)43(9)10)58-38-29(17-18-44)20-24(3)30(46)16-14-12-13-15-25(4)52-33(48)21-31(39(38)51-11)55-28(7)45/h12-14,16,18,23-27,29-31,34-41,46,49-50H,15,17,19-22H2,1-11H3/p+1/b13-12+,16-14+/t24-,25-,26-,27+,29+,30+,31-,34+,35-,36-,37-,38+,39+,40+,41+,42-/m1/s1. The number of likely N-dealkylation sites (N-methyl/N-ethyl adjacent to an activating group) is 1. The minimum absolute atomic E-state index is 0.0368.